The monoisotopic (exact) mass is 408 g/mol. The van der Waals surface area contributed by atoms with Crippen molar-refractivity contribution in [2.24, 2.45) is 0 Å². The summed E-state index contributed by atoms with van der Waals surface area (Å²) in [5, 5.41) is 5.03. The molecular weight excluding hydrogens is 384 g/mol. The molecule has 0 aliphatic carbocycles. The van der Waals surface area contributed by atoms with E-state index in [2.05, 4.69) is 5.32 Å². The average molecular weight is 409 g/mol. The van der Waals surface area contributed by atoms with Crippen LogP contribution in [0, 0.1) is 0 Å². The van der Waals surface area contributed by atoms with Gasteiger partial charge in [0.25, 0.3) is 0 Å². The average Bonchev–Trinajstić information content (AvgIpc) is 2.75. The molecule has 0 atom stereocenters. The fraction of sp³-hybridized carbons (Fsp3) is 0.261. The Balaban J connectivity index is 1.45. The van der Waals surface area contributed by atoms with Gasteiger partial charge in [0, 0.05) is 18.8 Å². The van der Waals surface area contributed by atoms with Crippen molar-refractivity contribution in [2.45, 2.75) is 30.6 Å². The van der Waals surface area contributed by atoms with Crippen LogP contribution in [0.15, 0.2) is 71.6 Å². The largest absolute Gasteiger partial charge is 0.326 e. The van der Waals surface area contributed by atoms with Gasteiger partial charge in [0.1, 0.15) is 0 Å². The second-order valence-corrected chi connectivity index (χ2v) is 9.29. The van der Waals surface area contributed by atoms with Gasteiger partial charge in [-0.05, 0) is 53.4 Å². The summed E-state index contributed by atoms with van der Waals surface area (Å²) in [6.07, 6.45) is 3.14. The summed E-state index contributed by atoms with van der Waals surface area (Å²) in [5.41, 5.74) is 1.55. The number of nitrogens with one attached hydrogen (secondary N) is 1. The number of hydrogen-bond donors (Lipinski definition) is 1. The normalized spacial score (nSPS) is 15.3. The van der Waals surface area contributed by atoms with Crippen LogP contribution in [-0.2, 0) is 21.2 Å². The molecule has 6 heteroatoms. The highest BCUT2D eigenvalue weighted by Crippen LogP contribution is 2.23. The maximum atomic E-state index is 12.7. The third-order valence-electron chi connectivity index (χ3n) is 5.32. The number of carbonyl (C=O) groups excluding carboxylic acids is 1. The molecule has 1 amide bonds. The molecule has 0 bridgehead atoms. The molecule has 5 nitrogen and oxygen atoms in total. The number of amides is 1. The Labute approximate surface area is 171 Å². The number of fused-ring (bicyclic) bond motifs is 1. The Morgan fingerprint density at radius 1 is 0.862 bits per heavy atom. The molecule has 3 aromatic carbocycles. The van der Waals surface area contributed by atoms with Crippen molar-refractivity contribution in [1.29, 1.82) is 0 Å². The van der Waals surface area contributed by atoms with Crippen molar-refractivity contribution in [1.82, 2.24) is 4.31 Å². The van der Waals surface area contributed by atoms with Gasteiger partial charge in [0.15, 0.2) is 0 Å². The maximum Gasteiger partial charge on any atom is 0.243 e. The molecule has 0 radical (unpaired) electrons. The van der Waals surface area contributed by atoms with Crippen LogP contribution in [0.5, 0.6) is 0 Å². The van der Waals surface area contributed by atoms with Gasteiger partial charge in [-0.2, -0.15) is 4.31 Å². The summed E-state index contributed by atoms with van der Waals surface area (Å²) >= 11 is 0. The minimum Gasteiger partial charge on any atom is -0.326 e. The van der Waals surface area contributed by atoms with Crippen LogP contribution in [0.3, 0.4) is 0 Å². The third kappa shape index (κ3) is 4.33. The molecule has 1 heterocycles. The first-order chi connectivity index (χ1) is 14.0. The van der Waals surface area contributed by atoms with Crippen LogP contribution < -0.4 is 5.32 Å². The molecular formula is C23H24N2O3S. The molecule has 1 N–H and O–H groups in total. The lowest BCUT2D eigenvalue weighted by molar-refractivity contribution is -0.115. The predicted molar refractivity (Wildman–Crippen MR) is 115 cm³/mol. The minimum absolute atomic E-state index is 0.131. The number of anilines is 1. The number of nitrogens with zero attached hydrogens (tertiary/aromatic N) is 1. The lowest BCUT2D eigenvalue weighted by Gasteiger charge is -2.25. The van der Waals surface area contributed by atoms with Gasteiger partial charge < -0.3 is 5.32 Å². The Kier molecular flexibility index (Phi) is 5.65. The second-order valence-electron chi connectivity index (χ2n) is 7.35. The zero-order valence-electron chi connectivity index (χ0n) is 16.2. The van der Waals surface area contributed by atoms with Crippen molar-refractivity contribution in [3.05, 3.63) is 72.3 Å². The van der Waals surface area contributed by atoms with Gasteiger partial charge in [-0.1, -0.05) is 48.9 Å². The van der Waals surface area contributed by atoms with E-state index in [4.69, 9.17) is 0 Å². The minimum atomic E-state index is -3.46. The van der Waals surface area contributed by atoms with E-state index in [1.807, 2.05) is 42.5 Å². The highest BCUT2D eigenvalue weighted by atomic mass is 32.2. The highest BCUT2D eigenvalue weighted by Gasteiger charge is 2.25. The fourth-order valence-corrected chi connectivity index (χ4v) is 5.31. The van der Waals surface area contributed by atoms with E-state index >= 15 is 0 Å². The Bertz CT molecular complexity index is 1110. The fourth-order valence-electron chi connectivity index (χ4n) is 3.79. The standard InChI is InChI=1S/C23H24N2O3S/c26-23(17-19-9-6-8-18-7-2-3-10-22(18)19)24-20-11-13-21(14-12-20)29(27,28)25-15-4-1-5-16-25/h2-3,6-14H,1,4-5,15-17H2,(H,24,26). The van der Waals surface area contributed by atoms with E-state index in [0.717, 1.165) is 35.6 Å². The van der Waals surface area contributed by atoms with Crippen molar-refractivity contribution in [3.8, 4) is 0 Å². The van der Waals surface area contributed by atoms with Crippen LogP contribution in [0.4, 0.5) is 5.69 Å². The number of benzene rings is 3. The lowest BCUT2D eigenvalue weighted by Crippen LogP contribution is -2.35. The van der Waals surface area contributed by atoms with E-state index in [0.29, 0.717) is 18.8 Å². The Morgan fingerprint density at radius 3 is 2.31 bits per heavy atom. The van der Waals surface area contributed by atoms with Crippen LogP contribution in [0.25, 0.3) is 10.8 Å². The van der Waals surface area contributed by atoms with Crippen molar-refractivity contribution in [2.75, 3.05) is 18.4 Å². The summed E-state index contributed by atoms with van der Waals surface area (Å²) in [7, 11) is -3.46. The number of piperidine rings is 1. The molecule has 1 fully saturated rings. The van der Waals surface area contributed by atoms with E-state index in [1.54, 1.807) is 28.6 Å². The Hall–Kier alpha value is -2.70. The van der Waals surface area contributed by atoms with Crippen LogP contribution >= 0.6 is 0 Å². The molecule has 0 spiro atoms. The molecule has 0 saturated carbocycles. The van der Waals surface area contributed by atoms with E-state index in [1.165, 1.54) is 0 Å². The molecule has 3 aromatic rings. The molecule has 1 saturated heterocycles. The first kappa shape index (κ1) is 19.6. The number of hydrogen-bond acceptors (Lipinski definition) is 3. The van der Waals surface area contributed by atoms with Gasteiger partial charge in [-0.25, -0.2) is 8.42 Å². The molecule has 4 rings (SSSR count). The zero-order valence-corrected chi connectivity index (χ0v) is 17.0. The van der Waals surface area contributed by atoms with Gasteiger partial charge in [-0.15, -0.1) is 0 Å². The van der Waals surface area contributed by atoms with Gasteiger partial charge >= 0.3 is 0 Å². The molecule has 29 heavy (non-hydrogen) atoms. The van der Waals surface area contributed by atoms with Crippen LogP contribution in [0.2, 0.25) is 0 Å². The maximum absolute atomic E-state index is 12.7. The number of rotatable bonds is 5. The van der Waals surface area contributed by atoms with Crippen molar-refractivity contribution < 1.29 is 13.2 Å². The molecule has 1 aliphatic rings. The first-order valence-corrected chi connectivity index (χ1v) is 11.3. The molecule has 1 aliphatic heterocycles. The predicted octanol–water partition coefficient (Wildman–Crippen LogP) is 4.20. The summed E-state index contributed by atoms with van der Waals surface area (Å²) in [6.45, 7) is 1.15. The van der Waals surface area contributed by atoms with Gasteiger partial charge in [0.2, 0.25) is 15.9 Å². The summed E-state index contributed by atoms with van der Waals surface area (Å²) in [5.74, 6) is -0.131. The van der Waals surface area contributed by atoms with Gasteiger partial charge in [-0.3, -0.25) is 4.79 Å². The van der Waals surface area contributed by atoms with E-state index < -0.39 is 10.0 Å². The Morgan fingerprint density at radius 2 is 1.55 bits per heavy atom. The van der Waals surface area contributed by atoms with E-state index in [-0.39, 0.29) is 17.2 Å². The molecule has 0 aromatic heterocycles. The number of sulfonamides is 1. The summed E-state index contributed by atoms with van der Waals surface area (Å²) in [6, 6.07) is 20.3. The third-order valence-corrected chi connectivity index (χ3v) is 7.23. The van der Waals surface area contributed by atoms with Crippen LogP contribution in [-0.4, -0.2) is 31.7 Å². The second kappa shape index (κ2) is 8.35. The zero-order chi connectivity index (χ0) is 20.3. The summed E-state index contributed by atoms with van der Waals surface area (Å²) in [4.78, 5) is 12.8. The summed E-state index contributed by atoms with van der Waals surface area (Å²) < 4.78 is 27.0. The smallest absolute Gasteiger partial charge is 0.243 e. The number of carbonyl (C=O) groups is 1. The van der Waals surface area contributed by atoms with Crippen molar-refractivity contribution in [3.63, 3.8) is 0 Å². The van der Waals surface area contributed by atoms with Crippen molar-refractivity contribution >= 4 is 32.4 Å². The SMILES string of the molecule is O=C(Cc1cccc2ccccc12)Nc1ccc(S(=O)(=O)N2CCCCC2)cc1. The van der Waals surface area contributed by atoms with Gasteiger partial charge in [0.05, 0.1) is 11.3 Å². The highest BCUT2D eigenvalue weighted by molar-refractivity contribution is 7.89. The molecule has 0 unspecified atom stereocenters. The first-order valence-electron chi connectivity index (χ1n) is 9.91. The quantitative estimate of drug-likeness (QED) is 0.688. The van der Waals surface area contributed by atoms with Crippen LogP contribution in [0.1, 0.15) is 24.8 Å². The lowest BCUT2D eigenvalue weighted by atomic mass is 10.0. The van der Waals surface area contributed by atoms with E-state index in [9.17, 15) is 13.2 Å². The topological polar surface area (TPSA) is 66.5 Å². The molecule has 150 valence electrons.